The fourth-order valence-corrected chi connectivity index (χ4v) is 3.02. The predicted octanol–water partition coefficient (Wildman–Crippen LogP) is 2.39. The second-order valence-electron chi connectivity index (χ2n) is 5.32. The SMILES string of the molecule is C[C@H]1C[C@H]2CNCCN2c2ncc(C(F)(F)F)cc21. The maximum Gasteiger partial charge on any atom is 0.417 e. The Labute approximate surface area is 109 Å². The molecule has 104 valence electrons. The van der Waals surface area contributed by atoms with Crippen molar-refractivity contribution in [1.82, 2.24) is 10.3 Å². The minimum atomic E-state index is -4.32. The van der Waals surface area contributed by atoms with E-state index in [9.17, 15) is 13.2 Å². The van der Waals surface area contributed by atoms with Gasteiger partial charge in [-0.25, -0.2) is 4.98 Å². The topological polar surface area (TPSA) is 28.2 Å². The van der Waals surface area contributed by atoms with Gasteiger partial charge < -0.3 is 10.2 Å². The summed E-state index contributed by atoms with van der Waals surface area (Å²) in [6.07, 6.45) is -2.49. The summed E-state index contributed by atoms with van der Waals surface area (Å²) in [4.78, 5) is 6.24. The number of pyridine rings is 1. The van der Waals surface area contributed by atoms with E-state index in [4.69, 9.17) is 0 Å². The third-order valence-corrected chi connectivity index (χ3v) is 4.00. The Bertz CT molecular complexity index is 487. The summed E-state index contributed by atoms with van der Waals surface area (Å²) in [6, 6.07) is 1.62. The molecule has 1 N–H and O–H groups in total. The van der Waals surface area contributed by atoms with Gasteiger partial charge in [-0.15, -0.1) is 0 Å². The molecule has 3 heterocycles. The summed E-state index contributed by atoms with van der Waals surface area (Å²) >= 11 is 0. The van der Waals surface area contributed by atoms with Crippen LogP contribution in [0.25, 0.3) is 0 Å². The average Bonchev–Trinajstić information content (AvgIpc) is 2.37. The van der Waals surface area contributed by atoms with Crippen LogP contribution in [0.3, 0.4) is 0 Å². The number of alkyl halides is 3. The van der Waals surface area contributed by atoms with Crippen LogP contribution in [-0.2, 0) is 6.18 Å². The molecule has 6 heteroatoms. The van der Waals surface area contributed by atoms with Gasteiger partial charge >= 0.3 is 6.18 Å². The van der Waals surface area contributed by atoms with E-state index < -0.39 is 11.7 Å². The fraction of sp³-hybridized carbons (Fsp3) is 0.615. The number of anilines is 1. The number of rotatable bonds is 0. The van der Waals surface area contributed by atoms with Gasteiger partial charge in [0.25, 0.3) is 0 Å². The van der Waals surface area contributed by atoms with Gasteiger partial charge in [-0.05, 0) is 24.0 Å². The molecule has 0 saturated carbocycles. The zero-order valence-corrected chi connectivity index (χ0v) is 10.7. The highest BCUT2D eigenvalue weighted by atomic mass is 19.4. The number of nitrogens with one attached hydrogen (secondary N) is 1. The molecule has 1 aromatic rings. The van der Waals surface area contributed by atoms with Crippen LogP contribution in [0, 0.1) is 0 Å². The van der Waals surface area contributed by atoms with E-state index in [1.165, 1.54) is 6.07 Å². The molecule has 19 heavy (non-hydrogen) atoms. The minimum Gasteiger partial charge on any atom is -0.351 e. The van der Waals surface area contributed by atoms with Crippen molar-refractivity contribution >= 4 is 5.82 Å². The monoisotopic (exact) mass is 271 g/mol. The Morgan fingerprint density at radius 2 is 2.21 bits per heavy atom. The number of piperazine rings is 1. The maximum atomic E-state index is 12.8. The van der Waals surface area contributed by atoms with Crippen molar-refractivity contribution < 1.29 is 13.2 Å². The molecule has 2 atom stereocenters. The van der Waals surface area contributed by atoms with Gasteiger partial charge in [-0.1, -0.05) is 6.92 Å². The van der Waals surface area contributed by atoms with E-state index in [0.717, 1.165) is 43.6 Å². The Balaban J connectivity index is 2.02. The standard InChI is InChI=1S/C13H16F3N3/c1-8-4-10-7-17-2-3-19(10)12-11(8)5-9(6-18-12)13(14,15)16/h5-6,8,10,17H,2-4,7H2,1H3/t8-,10-/m0/s1. The van der Waals surface area contributed by atoms with Crippen LogP contribution in [0.5, 0.6) is 0 Å². The number of hydrogen-bond acceptors (Lipinski definition) is 3. The third kappa shape index (κ3) is 2.18. The van der Waals surface area contributed by atoms with Crippen molar-refractivity contribution in [3.63, 3.8) is 0 Å². The highest BCUT2D eigenvalue weighted by molar-refractivity contribution is 5.54. The van der Waals surface area contributed by atoms with Crippen molar-refractivity contribution in [3.8, 4) is 0 Å². The van der Waals surface area contributed by atoms with Gasteiger partial charge in [-0.2, -0.15) is 13.2 Å². The second-order valence-corrected chi connectivity index (χ2v) is 5.32. The summed E-state index contributed by atoms with van der Waals surface area (Å²) in [6.45, 7) is 4.52. The van der Waals surface area contributed by atoms with Crippen LogP contribution in [0.1, 0.15) is 30.4 Å². The number of hydrogen-bond donors (Lipinski definition) is 1. The van der Waals surface area contributed by atoms with E-state index in [0.29, 0.717) is 6.04 Å². The summed E-state index contributed by atoms with van der Waals surface area (Å²) in [7, 11) is 0. The van der Waals surface area contributed by atoms with Gasteiger partial charge in [-0.3, -0.25) is 0 Å². The van der Waals surface area contributed by atoms with Crippen LogP contribution < -0.4 is 10.2 Å². The fourth-order valence-electron chi connectivity index (χ4n) is 3.02. The van der Waals surface area contributed by atoms with Gasteiger partial charge in [0.1, 0.15) is 5.82 Å². The van der Waals surface area contributed by atoms with Crippen molar-refractivity contribution in [2.75, 3.05) is 24.5 Å². The molecule has 0 radical (unpaired) electrons. The first-order valence-corrected chi connectivity index (χ1v) is 6.51. The van der Waals surface area contributed by atoms with Crippen molar-refractivity contribution in [3.05, 3.63) is 23.4 Å². The smallest absolute Gasteiger partial charge is 0.351 e. The minimum absolute atomic E-state index is 0.117. The van der Waals surface area contributed by atoms with Crippen molar-refractivity contribution in [2.45, 2.75) is 31.5 Å². The van der Waals surface area contributed by atoms with Gasteiger partial charge in [0.15, 0.2) is 0 Å². The molecule has 2 aliphatic rings. The largest absolute Gasteiger partial charge is 0.417 e. The molecule has 3 nitrogen and oxygen atoms in total. The molecular weight excluding hydrogens is 255 g/mol. The van der Waals surface area contributed by atoms with Gasteiger partial charge in [0, 0.05) is 31.9 Å². The van der Waals surface area contributed by atoms with Crippen LogP contribution in [0.4, 0.5) is 19.0 Å². The predicted molar refractivity (Wildman–Crippen MR) is 66.3 cm³/mol. The van der Waals surface area contributed by atoms with Crippen LogP contribution in [0.15, 0.2) is 12.3 Å². The van der Waals surface area contributed by atoms with Crippen molar-refractivity contribution in [1.29, 1.82) is 0 Å². The lowest BCUT2D eigenvalue weighted by atomic mass is 9.87. The van der Waals surface area contributed by atoms with E-state index in [1.54, 1.807) is 0 Å². The van der Waals surface area contributed by atoms with Crippen molar-refractivity contribution in [2.24, 2.45) is 0 Å². The molecule has 1 fully saturated rings. The Morgan fingerprint density at radius 3 is 2.95 bits per heavy atom. The first kappa shape index (κ1) is 12.7. The molecule has 3 rings (SSSR count). The molecule has 0 amide bonds. The zero-order valence-electron chi connectivity index (χ0n) is 10.7. The summed E-state index contributed by atoms with van der Waals surface area (Å²) in [5.41, 5.74) is 0.0830. The molecule has 0 unspecified atom stereocenters. The molecule has 1 aromatic heterocycles. The molecule has 0 spiro atoms. The molecule has 2 aliphatic heterocycles. The number of nitrogens with zero attached hydrogens (tertiary/aromatic N) is 2. The van der Waals surface area contributed by atoms with Crippen LogP contribution in [0.2, 0.25) is 0 Å². The highest BCUT2D eigenvalue weighted by Crippen LogP contribution is 2.40. The number of fused-ring (bicyclic) bond motifs is 3. The van der Waals surface area contributed by atoms with Crippen LogP contribution in [-0.4, -0.2) is 30.7 Å². The number of halogens is 3. The summed E-state index contributed by atoms with van der Waals surface area (Å²) in [5.74, 6) is 0.851. The third-order valence-electron chi connectivity index (χ3n) is 4.00. The zero-order chi connectivity index (χ0) is 13.6. The molecule has 0 aromatic carbocycles. The Morgan fingerprint density at radius 1 is 1.42 bits per heavy atom. The lowest BCUT2D eigenvalue weighted by Crippen LogP contribution is -2.54. The van der Waals surface area contributed by atoms with E-state index in [-0.39, 0.29) is 5.92 Å². The summed E-state index contributed by atoms with van der Waals surface area (Å²) in [5, 5.41) is 3.32. The Hall–Kier alpha value is -1.30. The van der Waals surface area contributed by atoms with Gasteiger partial charge in [0.05, 0.1) is 5.56 Å². The normalized spacial score (nSPS) is 26.8. The van der Waals surface area contributed by atoms with E-state index in [1.807, 2.05) is 6.92 Å². The van der Waals surface area contributed by atoms with E-state index >= 15 is 0 Å². The number of aromatic nitrogens is 1. The average molecular weight is 271 g/mol. The van der Waals surface area contributed by atoms with Gasteiger partial charge in [0.2, 0.25) is 0 Å². The molecule has 0 aliphatic carbocycles. The second kappa shape index (κ2) is 4.37. The lowest BCUT2D eigenvalue weighted by Gasteiger charge is -2.43. The molecule has 0 bridgehead atoms. The molecule has 1 saturated heterocycles. The van der Waals surface area contributed by atoms with Crippen LogP contribution >= 0.6 is 0 Å². The first-order valence-electron chi connectivity index (χ1n) is 6.51. The highest BCUT2D eigenvalue weighted by Gasteiger charge is 2.37. The van der Waals surface area contributed by atoms with E-state index in [2.05, 4.69) is 15.2 Å². The quantitative estimate of drug-likeness (QED) is 0.785. The first-order chi connectivity index (χ1) is 8.97. The molecular formula is C13H16F3N3. The Kier molecular flexibility index (Phi) is 2.92. The summed E-state index contributed by atoms with van der Waals surface area (Å²) < 4.78 is 38.3. The maximum absolute atomic E-state index is 12.8. The lowest BCUT2D eigenvalue weighted by molar-refractivity contribution is -0.137.